The van der Waals surface area contributed by atoms with Crippen LogP contribution in [0, 0.1) is 0 Å². The fraction of sp³-hybridized carbons (Fsp3) is 0.556. The van der Waals surface area contributed by atoms with Crippen molar-refractivity contribution < 1.29 is 0 Å². The first-order valence-corrected chi connectivity index (χ1v) is 6.56. The number of halogens is 2. The van der Waals surface area contributed by atoms with Crippen LogP contribution in [-0.4, -0.2) is 40.0 Å². The van der Waals surface area contributed by atoms with Gasteiger partial charge in [0, 0.05) is 24.1 Å². The van der Waals surface area contributed by atoms with Gasteiger partial charge in [-0.3, -0.25) is 4.90 Å². The summed E-state index contributed by atoms with van der Waals surface area (Å²) in [6.45, 7) is 1.04. The molecule has 0 amide bonds. The fourth-order valence-corrected chi connectivity index (χ4v) is 3.16. The summed E-state index contributed by atoms with van der Waals surface area (Å²) < 4.78 is 0. The molecule has 0 aromatic carbocycles. The summed E-state index contributed by atoms with van der Waals surface area (Å²) in [6.07, 6.45) is 0. The van der Waals surface area contributed by atoms with Crippen LogP contribution in [0.4, 0.5) is 0 Å². The lowest BCUT2D eigenvalue weighted by atomic mass is 10.2. The molecule has 2 rings (SSSR count). The maximum absolute atomic E-state index is 5.86. The van der Waals surface area contributed by atoms with Gasteiger partial charge in [-0.2, -0.15) is 11.8 Å². The average Bonchev–Trinajstić information content (AvgIpc) is 2.16. The molecule has 1 unspecified atom stereocenters. The molecule has 0 bridgehead atoms. The number of thioether (sulfide) groups is 1. The molecule has 0 aliphatic carbocycles. The van der Waals surface area contributed by atoms with Gasteiger partial charge in [-0.1, -0.05) is 23.2 Å². The molecule has 6 heteroatoms. The summed E-state index contributed by atoms with van der Waals surface area (Å²) in [4.78, 5) is 10.7. The Balaban J connectivity index is 2.27. The van der Waals surface area contributed by atoms with E-state index in [2.05, 4.69) is 21.9 Å². The van der Waals surface area contributed by atoms with Gasteiger partial charge in [0.05, 0.1) is 6.04 Å². The standard InChI is InChI=1S/C9H11Cl2N3S/c1-14-2-3-15-5-6(14)9-12-7(10)4-8(11)13-9/h4,6H,2-3,5H2,1H3. The van der Waals surface area contributed by atoms with E-state index >= 15 is 0 Å². The lowest BCUT2D eigenvalue weighted by molar-refractivity contribution is 0.264. The molecule has 1 aliphatic rings. The zero-order chi connectivity index (χ0) is 10.8. The van der Waals surface area contributed by atoms with Crippen LogP contribution in [-0.2, 0) is 0 Å². The van der Waals surface area contributed by atoms with E-state index < -0.39 is 0 Å². The molecule has 15 heavy (non-hydrogen) atoms. The van der Waals surface area contributed by atoms with E-state index in [0.717, 1.165) is 23.9 Å². The normalized spacial score (nSPS) is 23.0. The van der Waals surface area contributed by atoms with E-state index in [9.17, 15) is 0 Å². The first-order chi connectivity index (χ1) is 7.16. The molecule has 3 nitrogen and oxygen atoms in total. The number of aromatic nitrogens is 2. The van der Waals surface area contributed by atoms with Crippen LogP contribution < -0.4 is 0 Å². The molecule has 1 aliphatic heterocycles. The molecule has 0 spiro atoms. The second-order valence-electron chi connectivity index (χ2n) is 3.44. The lowest BCUT2D eigenvalue weighted by Crippen LogP contribution is -2.33. The minimum Gasteiger partial charge on any atom is -0.295 e. The second kappa shape index (κ2) is 4.87. The van der Waals surface area contributed by atoms with Crippen LogP contribution >= 0.6 is 35.0 Å². The van der Waals surface area contributed by atoms with E-state index in [4.69, 9.17) is 23.2 Å². The van der Waals surface area contributed by atoms with Gasteiger partial charge in [-0.15, -0.1) is 0 Å². The van der Waals surface area contributed by atoms with E-state index in [1.807, 2.05) is 11.8 Å². The van der Waals surface area contributed by atoms with Crippen molar-refractivity contribution in [2.24, 2.45) is 0 Å². The van der Waals surface area contributed by atoms with Crippen molar-refractivity contribution in [1.29, 1.82) is 0 Å². The molecule has 1 atom stereocenters. The van der Waals surface area contributed by atoms with Gasteiger partial charge in [-0.25, -0.2) is 9.97 Å². The van der Waals surface area contributed by atoms with Crippen LogP contribution in [0.5, 0.6) is 0 Å². The first kappa shape index (κ1) is 11.5. The topological polar surface area (TPSA) is 29.0 Å². The Morgan fingerprint density at radius 1 is 1.40 bits per heavy atom. The largest absolute Gasteiger partial charge is 0.295 e. The third kappa shape index (κ3) is 2.75. The molecule has 1 aromatic heterocycles. The summed E-state index contributed by atoms with van der Waals surface area (Å²) in [7, 11) is 2.07. The predicted octanol–water partition coefficient (Wildman–Crippen LogP) is 2.50. The van der Waals surface area contributed by atoms with Crippen LogP contribution in [0.3, 0.4) is 0 Å². The third-order valence-corrected chi connectivity index (χ3v) is 3.79. The Hall–Kier alpha value is -0.0300. The van der Waals surface area contributed by atoms with Crippen molar-refractivity contribution in [2.45, 2.75) is 6.04 Å². The molecule has 2 heterocycles. The number of nitrogens with zero attached hydrogens (tertiary/aromatic N) is 3. The van der Waals surface area contributed by atoms with Crippen molar-refractivity contribution in [1.82, 2.24) is 14.9 Å². The molecule has 1 aromatic rings. The van der Waals surface area contributed by atoms with Crippen molar-refractivity contribution in [3.05, 3.63) is 22.2 Å². The Bertz CT molecular complexity index is 341. The minimum atomic E-state index is 0.222. The van der Waals surface area contributed by atoms with Gasteiger partial charge >= 0.3 is 0 Å². The smallest absolute Gasteiger partial charge is 0.149 e. The van der Waals surface area contributed by atoms with Gasteiger partial charge in [0.25, 0.3) is 0 Å². The maximum Gasteiger partial charge on any atom is 0.149 e. The minimum absolute atomic E-state index is 0.222. The van der Waals surface area contributed by atoms with Crippen molar-refractivity contribution in [3.8, 4) is 0 Å². The zero-order valence-corrected chi connectivity index (χ0v) is 10.6. The van der Waals surface area contributed by atoms with Crippen LogP contribution in [0.15, 0.2) is 6.07 Å². The molecule has 0 N–H and O–H groups in total. The molecule has 0 saturated carbocycles. The molecule has 1 saturated heterocycles. The predicted molar refractivity (Wildman–Crippen MR) is 64.7 cm³/mol. The van der Waals surface area contributed by atoms with Crippen LogP contribution in [0.1, 0.15) is 11.9 Å². The SMILES string of the molecule is CN1CCSCC1c1nc(Cl)cc(Cl)n1. The van der Waals surface area contributed by atoms with Crippen molar-refractivity contribution in [2.75, 3.05) is 25.1 Å². The highest BCUT2D eigenvalue weighted by atomic mass is 35.5. The fourth-order valence-electron chi connectivity index (χ4n) is 1.51. The summed E-state index contributed by atoms with van der Waals surface area (Å²) in [5.74, 6) is 2.87. The van der Waals surface area contributed by atoms with Gasteiger partial charge in [0.1, 0.15) is 16.1 Å². The average molecular weight is 264 g/mol. The summed E-state index contributed by atoms with van der Waals surface area (Å²) in [6, 6.07) is 1.78. The van der Waals surface area contributed by atoms with Gasteiger partial charge in [0.2, 0.25) is 0 Å². The number of hydrogen-bond donors (Lipinski definition) is 0. The Kier molecular flexibility index (Phi) is 3.72. The molecular weight excluding hydrogens is 253 g/mol. The number of rotatable bonds is 1. The highest BCUT2D eigenvalue weighted by Gasteiger charge is 2.24. The second-order valence-corrected chi connectivity index (χ2v) is 5.37. The molecule has 0 radical (unpaired) electrons. The third-order valence-electron chi connectivity index (χ3n) is 2.38. The van der Waals surface area contributed by atoms with Crippen molar-refractivity contribution >= 4 is 35.0 Å². The molecule has 1 fully saturated rings. The molecule has 82 valence electrons. The Morgan fingerprint density at radius 3 is 2.67 bits per heavy atom. The monoisotopic (exact) mass is 263 g/mol. The Labute approximate surface area is 103 Å². The van der Waals surface area contributed by atoms with E-state index in [0.29, 0.717) is 10.3 Å². The lowest BCUT2D eigenvalue weighted by Gasteiger charge is -2.30. The van der Waals surface area contributed by atoms with Gasteiger partial charge in [-0.05, 0) is 7.05 Å². The molecular formula is C9H11Cl2N3S. The van der Waals surface area contributed by atoms with Crippen molar-refractivity contribution in [3.63, 3.8) is 0 Å². The quantitative estimate of drug-likeness (QED) is 0.729. The van der Waals surface area contributed by atoms with E-state index in [-0.39, 0.29) is 6.04 Å². The van der Waals surface area contributed by atoms with E-state index in [1.54, 1.807) is 6.07 Å². The van der Waals surface area contributed by atoms with E-state index in [1.165, 1.54) is 0 Å². The summed E-state index contributed by atoms with van der Waals surface area (Å²) in [5.41, 5.74) is 0. The maximum atomic E-state index is 5.86. The summed E-state index contributed by atoms with van der Waals surface area (Å²) >= 11 is 13.6. The number of hydrogen-bond acceptors (Lipinski definition) is 4. The Morgan fingerprint density at radius 2 is 2.07 bits per heavy atom. The zero-order valence-electron chi connectivity index (χ0n) is 8.28. The van der Waals surface area contributed by atoms with Crippen LogP contribution in [0.2, 0.25) is 10.3 Å². The highest BCUT2D eigenvalue weighted by Crippen LogP contribution is 2.27. The summed E-state index contributed by atoms with van der Waals surface area (Å²) in [5, 5.41) is 0.822. The first-order valence-electron chi connectivity index (χ1n) is 4.65. The van der Waals surface area contributed by atoms with Gasteiger partial charge < -0.3 is 0 Å². The highest BCUT2D eigenvalue weighted by molar-refractivity contribution is 7.99. The van der Waals surface area contributed by atoms with Gasteiger partial charge in [0.15, 0.2) is 0 Å². The van der Waals surface area contributed by atoms with Crippen LogP contribution in [0.25, 0.3) is 0 Å².